The summed E-state index contributed by atoms with van der Waals surface area (Å²) in [5.41, 5.74) is 10.3. The van der Waals surface area contributed by atoms with Crippen LogP contribution in [-0.2, 0) is 4.79 Å². The largest absolute Gasteiger partial charge is 0.338 e. The van der Waals surface area contributed by atoms with Crippen molar-refractivity contribution < 1.29 is 4.79 Å². The van der Waals surface area contributed by atoms with Gasteiger partial charge in [-0.15, -0.1) is 0 Å². The number of rotatable bonds is 10. The van der Waals surface area contributed by atoms with E-state index in [9.17, 15) is 4.79 Å². The van der Waals surface area contributed by atoms with E-state index >= 15 is 0 Å². The first kappa shape index (κ1) is 30.5. The Morgan fingerprint density at radius 2 is 1.51 bits per heavy atom. The van der Waals surface area contributed by atoms with Crippen LogP contribution in [0.25, 0.3) is 45.2 Å². The number of nitrogens with zero attached hydrogens (tertiary/aromatic N) is 5. The maximum absolute atomic E-state index is 13.0. The fourth-order valence-electron chi connectivity index (χ4n) is 6.81. The molecule has 3 aromatic carbocycles. The van der Waals surface area contributed by atoms with Crippen LogP contribution in [0, 0.1) is 5.92 Å². The minimum atomic E-state index is -0.0903. The summed E-state index contributed by atoms with van der Waals surface area (Å²) in [7, 11) is 0. The lowest BCUT2D eigenvalue weighted by Crippen LogP contribution is -2.33. The Labute approximate surface area is 277 Å². The Morgan fingerprint density at radius 1 is 0.894 bits per heavy atom. The first-order valence-corrected chi connectivity index (χ1v) is 16.6. The molecule has 2 fully saturated rings. The van der Waals surface area contributed by atoms with Gasteiger partial charge in [-0.25, -0.2) is 4.98 Å². The van der Waals surface area contributed by atoms with Gasteiger partial charge in [0.1, 0.15) is 5.82 Å². The molecule has 5 aromatic rings. The van der Waals surface area contributed by atoms with E-state index in [4.69, 9.17) is 10.8 Å². The van der Waals surface area contributed by atoms with E-state index in [1.165, 1.54) is 18.4 Å². The third-order valence-corrected chi connectivity index (χ3v) is 9.48. The number of aliphatic imine (C=N–C) groups is 1. The van der Waals surface area contributed by atoms with E-state index in [-0.39, 0.29) is 11.9 Å². The third kappa shape index (κ3) is 6.06. The summed E-state index contributed by atoms with van der Waals surface area (Å²) in [5.74, 6) is 8.39. The van der Waals surface area contributed by atoms with Gasteiger partial charge in [0, 0.05) is 24.2 Å². The number of hydrogen-bond acceptors (Lipinski definition) is 4. The molecule has 47 heavy (non-hydrogen) atoms. The number of carbonyl (C=O) groups is 1. The van der Waals surface area contributed by atoms with Crippen LogP contribution in [0.3, 0.4) is 0 Å². The van der Waals surface area contributed by atoms with Crippen LogP contribution in [0.15, 0.2) is 103 Å². The second-order valence-electron chi connectivity index (χ2n) is 13.3. The highest BCUT2D eigenvalue weighted by molar-refractivity contribution is 5.78. The lowest BCUT2D eigenvalue weighted by Gasteiger charge is -2.25. The normalized spacial score (nSPS) is 16.1. The van der Waals surface area contributed by atoms with Crippen molar-refractivity contribution in [2.45, 2.75) is 57.9 Å². The molecule has 1 amide bonds. The zero-order valence-electron chi connectivity index (χ0n) is 27.3. The molecule has 0 spiro atoms. The minimum Gasteiger partial charge on any atom is -0.338 e. The maximum atomic E-state index is 13.0. The van der Waals surface area contributed by atoms with Gasteiger partial charge >= 0.3 is 0 Å². The number of carbonyl (C=O) groups excluding carboxylic acids is 1. The maximum Gasteiger partial charge on any atom is 0.223 e. The van der Waals surface area contributed by atoms with E-state index in [0.29, 0.717) is 24.0 Å². The van der Waals surface area contributed by atoms with Crippen molar-refractivity contribution in [1.29, 1.82) is 0 Å². The molecule has 7 rings (SSSR count). The molecule has 0 bridgehead atoms. The average molecular weight is 623 g/mol. The predicted octanol–water partition coefficient (Wildman–Crippen LogP) is 8.65. The quantitative estimate of drug-likeness (QED) is 0.125. The molecule has 1 aliphatic heterocycles. The number of nitrogens with two attached hydrogens (primary N) is 1. The lowest BCUT2D eigenvalue weighted by molar-refractivity contribution is -0.133. The van der Waals surface area contributed by atoms with Gasteiger partial charge in [-0.2, -0.15) is 0 Å². The van der Waals surface area contributed by atoms with E-state index in [0.717, 1.165) is 70.2 Å². The Morgan fingerprint density at radius 3 is 2.11 bits per heavy atom. The Balaban J connectivity index is 1.21. The van der Waals surface area contributed by atoms with Gasteiger partial charge in [-0.05, 0) is 90.8 Å². The molecule has 0 radical (unpaired) electrons. The number of hydrogen-bond donors (Lipinski definition) is 1. The van der Waals surface area contributed by atoms with Crippen LogP contribution in [0.5, 0.6) is 0 Å². The number of nitrogen functional groups attached to an aromatic ring is 1. The SMILES string of the molecule is C=NC(=C)c1ccc(-c2ccc(-c3ccc(-c4cn(N)c([C@@H]5CCCN5C(=O)CC(C)C)n4)cc3)n2-c2ccc(C3CC3)cc2)cc1. The molecule has 1 saturated heterocycles. The highest BCUT2D eigenvalue weighted by Gasteiger charge is 2.33. The van der Waals surface area contributed by atoms with Gasteiger partial charge in [0.05, 0.1) is 35.0 Å². The average Bonchev–Trinajstić information content (AvgIpc) is 3.46. The first-order chi connectivity index (χ1) is 22.8. The van der Waals surface area contributed by atoms with Crippen LogP contribution < -0.4 is 5.84 Å². The topological polar surface area (TPSA) is 81.4 Å². The van der Waals surface area contributed by atoms with Gasteiger partial charge in [0.2, 0.25) is 5.91 Å². The van der Waals surface area contributed by atoms with Crippen molar-refractivity contribution >= 4 is 18.3 Å². The molecule has 1 aliphatic carbocycles. The van der Waals surface area contributed by atoms with Crippen molar-refractivity contribution in [3.63, 3.8) is 0 Å². The Kier molecular flexibility index (Phi) is 8.14. The number of aromatic nitrogens is 3. The first-order valence-electron chi connectivity index (χ1n) is 16.6. The zero-order chi connectivity index (χ0) is 32.7. The zero-order valence-corrected chi connectivity index (χ0v) is 27.3. The van der Waals surface area contributed by atoms with Gasteiger partial charge in [0.25, 0.3) is 0 Å². The van der Waals surface area contributed by atoms with Gasteiger partial charge < -0.3 is 15.3 Å². The van der Waals surface area contributed by atoms with Crippen molar-refractivity contribution in [3.05, 3.63) is 115 Å². The highest BCUT2D eigenvalue weighted by atomic mass is 16.2. The molecule has 3 heterocycles. The molecular formula is C40H42N6O. The van der Waals surface area contributed by atoms with Crippen LogP contribution in [0.4, 0.5) is 0 Å². The van der Waals surface area contributed by atoms with Crippen LogP contribution in [0.2, 0.25) is 0 Å². The van der Waals surface area contributed by atoms with Crippen LogP contribution in [0.1, 0.15) is 74.9 Å². The van der Waals surface area contributed by atoms with E-state index in [1.807, 2.05) is 23.2 Å². The second-order valence-corrected chi connectivity index (χ2v) is 13.3. The summed E-state index contributed by atoms with van der Waals surface area (Å²) in [6.07, 6.45) is 6.81. The molecular weight excluding hydrogens is 580 g/mol. The van der Waals surface area contributed by atoms with Gasteiger partial charge in [-0.1, -0.05) is 81.1 Å². The summed E-state index contributed by atoms with van der Waals surface area (Å²) < 4.78 is 3.93. The molecule has 238 valence electrons. The highest BCUT2D eigenvalue weighted by Crippen LogP contribution is 2.41. The summed E-state index contributed by atoms with van der Waals surface area (Å²) >= 11 is 0. The molecule has 2 aliphatic rings. The van der Waals surface area contributed by atoms with Gasteiger partial charge in [-0.3, -0.25) is 14.5 Å². The van der Waals surface area contributed by atoms with Crippen molar-refractivity contribution in [2.75, 3.05) is 12.4 Å². The van der Waals surface area contributed by atoms with Crippen molar-refractivity contribution in [3.8, 4) is 39.5 Å². The number of imidazole rings is 1. The summed E-state index contributed by atoms with van der Waals surface area (Å²) in [6.45, 7) is 12.5. The molecule has 1 saturated carbocycles. The van der Waals surface area contributed by atoms with Crippen LogP contribution >= 0.6 is 0 Å². The third-order valence-electron chi connectivity index (χ3n) is 9.48. The number of amides is 1. The summed E-state index contributed by atoms with van der Waals surface area (Å²) in [4.78, 5) is 23.9. The smallest absolute Gasteiger partial charge is 0.223 e. The minimum absolute atomic E-state index is 0.0903. The lowest BCUT2D eigenvalue weighted by atomic mass is 10.1. The van der Waals surface area contributed by atoms with Crippen molar-refractivity contribution in [1.82, 2.24) is 19.1 Å². The fourth-order valence-corrected chi connectivity index (χ4v) is 6.81. The summed E-state index contributed by atoms with van der Waals surface area (Å²) in [5, 5.41) is 0. The second kappa shape index (κ2) is 12.6. The fraction of sp³-hybridized carbons (Fsp3) is 0.275. The number of likely N-dealkylation sites (tertiary alicyclic amines) is 1. The van der Waals surface area contributed by atoms with Gasteiger partial charge in [0.15, 0.2) is 0 Å². The van der Waals surface area contributed by atoms with Crippen LogP contribution in [-0.4, -0.2) is 38.3 Å². The molecule has 7 nitrogen and oxygen atoms in total. The van der Waals surface area contributed by atoms with Crippen molar-refractivity contribution in [2.24, 2.45) is 10.9 Å². The van der Waals surface area contributed by atoms with E-state index < -0.39 is 0 Å². The molecule has 2 aromatic heterocycles. The molecule has 1 atom stereocenters. The number of benzene rings is 3. The predicted molar refractivity (Wildman–Crippen MR) is 192 cm³/mol. The van der Waals surface area contributed by atoms with E-state index in [1.54, 1.807) is 4.68 Å². The summed E-state index contributed by atoms with van der Waals surface area (Å²) in [6, 6.07) is 30.1. The molecule has 2 N–H and O–H groups in total. The molecule has 7 heteroatoms. The standard InChI is InChI=1S/C40H42N6O/c1-26(2)24-39(47)44-23-5-6-38(44)40-43-35(25-45(40)41)31-11-15-33(16-12-31)37-22-21-36(32-13-7-28(8-14-32)27(3)42-4)46(37)34-19-17-30(18-20-34)29-9-10-29/h7-8,11-22,25-26,29,38H,3-6,9-10,23-24,41H2,1-2H3/t38-/m0/s1. The molecule has 0 unspecified atom stereocenters. The Bertz CT molecular complexity index is 1920. The Hall–Kier alpha value is -5.17. The monoisotopic (exact) mass is 622 g/mol. The van der Waals surface area contributed by atoms with E-state index in [2.05, 4.69) is 109 Å².